The first kappa shape index (κ1) is 27.8. The molecule has 4 atom stereocenters. The second-order valence-electron chi connectivity index (χ2n) is 8.83. The number of hydrogen-bond donors (Lipinski definition) is 0. The van der Waals surface area contributed by atoms with E-state index in [2.05, 4.69) is 0 Å². The van der Waals surface area contributed by atoms with Crippen LogP contribution in [0.4, 0.5) is 5.69 Å². The maximum atomic E-state index is 13.9. The van der Waals surface area contributed by atoms with Gasteiger partial charge in [-0.3, -0.25) is 24.5 Å². The highest BCUT2D eigenvalue weighted by atomic mass is 35.5. The number of hydrogen-bond acceptors (Lipinski definition) is 5. The maximum absolute atomic E-state index is 13.9. The maximum Gasteiger partial charge on any atom is 0.273 e. The average Bonchev–Trinajstić information content (AvgIpc) is 3.26. The van der Waals surface area contributed by atoms with Crippen molar-refractivity contribution < 1.29 is 19.3 Å². The lowest BCUT2D eigenvalue weighted by atomic mass is 9.84. The Labute approximate surface area is 250 Å². The van der Waals surface area contributed by atoms with Crippen LogP contribution in [-0.2, 0) is 16.1 Å². The number of rotatable bonds is 5. The Kier molecular flexibility index (Phi) is 6.67. The van der Waals surface area contributed by atoms with Gasteiger partial charge in [-0.2, -0.15) is 5.01 Å². The molecule has 1 heterocycles. The molecule has 0 radical (unpaired) electrons. The number of fused-ring (bicyclic) bond motifs is 5. The number of nitro groups is 1. The van der Waals surface area contributed by atoms with Gasteiger partial charge in [0.15, 0.2) is 4.33 Å². The van der Waals surface area contributed by atoms with E-state index in [1.54, 1.807) is 24.3 Å². The number of imide groups is 1. The second-order valence-corrected chi connectivity index (χ2v) is 12.5. The molecule has 15 heteroatoms. The Morgan fingerprint density at radius 1 is 0.895 bits per heavy atom. The van der Waals surface area contributed by atoms with Crippen molar-refractivity contribution in [2.45, 2.75) is 20.6 Å². The van der Waals surface area contributed by atoms with Gasteiger partial charge >= 0.3 is 0 Å². The minimum Gasteiger partial charge on any atom is -0.272 e. The predicted molar refractivity (Wildman–Crippen MR) is 144 cm³/mol. The second kappa shape index (κ2) is 9.13. The Morgan fingerprint density at radius 2 is 1.39 bits per heavy atom. The molecule has 0 aromatic heterocycles. The Bertz CT molecular complexity index is 1420. The Hall–Kier alpha value is -1.78. The molecule has 1 aliphatic heterocycles. The number of halogens is 7. The van der Waals surface area contributed by atoms with Crippen molar-refractivity contribution >= 4 is 105 Å². The Balaban J connectivity index is 1.61. The molecule has 198 valence electrons. The van der Waals surface area contributed by atoms with E-state index in [0.717, 1.165) is 17.1 Å². The summed E-state index contributed by atoms with van der Waals surface area (Å²) >= 11 is 45.6. The van der Waals surface area contributed by atoms with E-state index in [4.69, 9.17) is 81.2 Å². The van der Waals surface area contributed by atoms with Crippen LogP contribution >= 0.6 is 81.2 Å². The quantitative estimate of drug-likeness (QED) is 0.164. The zero-order valence-corrected chi connectivity index (χ0v) is 23.8. The summed E-state index contributed by atoms with van der Waals surface area (Å²) in [7, 11) is 0. The van der Waals surface area contributed by atoms with Crippen molar-refractivity contribution in [3.8, 4) is 0 Å². The van der Waals surface area contributed by atoms with Gasteiger partial charge < -0.3 is 0 Å². The normalized spacial score (nSPS) is 29.2. The van der Waals surface area contributed by atoms with Gasteiger partial charge in [0.25, 0.3) is 23.4 Å². The topological polar surface area (TPSA) is 101 Å². The van der Waals surface area contributed by atoms with Gasteiger partial charge in [0, 0.05) is 22.7 Å². The van der Waals surface area contributed by atoms with Gasteiger partial charge in [-0.1, -0.05) is 76.2 Å². The van der Waals surface area contributed by atoms with Gasteiger partial charge in [0.05, 0.1) is 33.4 Å². The number of non-ortho nitro benzene ring substituents is 1. The molecule has 2 bridgehead atoms. The summed E-state index contributed by atoms with van der Waals surface area (Å²) in [6.07, 6.45) is 0. The third-order valence-corrected chi connectivity index (χ3v) is 11.6. The lowest BCUT2D eigenvalue weighted by molar-refractivity contribution is -0.384. The fraction of sp³-hybridized carbons (Fsp3) is 0.261. The number of carbonyl (C=O) groups is 3. The van der Waals surface area contributed by atoms with Crippen molar-refractivity contribution in [3.05, 3.63) is 84.9 Å². The standard InChI is InChI=1S/C23H12Cl7N3O5/c24-13-4-2-1-3-11(13)9-31(18(34)10-5-7-12(8-6-10)33(37)38)32-19(35)14-15(20(32)36)22(28)17(26)16(25)21(14,27)23(22,29)30/h1-8,14-15H,9H2/t14-,15-,21+,22+/m0/s1. The van der Waals surface area contributed by atoms with E-state index < -0.39 is 48.6 Å². The van der Waals surface area contributed by atoms with Crippen LogP contribution in [0.15, 0.2) is 58.6 Å². The molecule has 0 spiro atoms. The minimum atomic E-state index is -2.14. The molecule has 2 aromatic rings. The number of nitrogens with zero attached hydrogens (tertiary/aromatic N) is 3. The molecule has 3 aliphatic rings. The summed E-state index contributed by atoms with van der Waals surface area (Å²) in [4.78, 5) is 47.8. The van der Waals surface area contributed by atoms with E-state index in [9.17, 15) is 24.5 Å². The number of nitro benzene ring substituents is 1. The number of carbonyl (C=O) groups excluding carboxylic acids is 3. The number of hydrazine groups is 1. The van der Waals surface area contributed by atoms with Gasteiger partial charge in [0.2, 0.25) is 0 Å². The highest BCUT2D eigenvalue weighted by molar-refractivity contribution is 6.66. The highest BCUT2D eigenvalue weighted by Gasteiger charge is 2.88. The third kappa shape index (κ3) is 3.41. The van der Waals surface area contributed by atoms with Crippen LogP contribution in [0.25, 0.3) is 0 Å². The highest BCUT2D eigenvalue weighted by Crippen LogP contribution is 2.77. The summed E-state index contributed by atoms with van der Waals surface area (Å²) in [6, 6.07) is 11.1. The van der Waals surface area contributed by atoms with Gasteiger partial charge in [-0.15, -0.1) is 23.2 Å². The molecule has 0 unspecified atom stereocenters. The third-order valence-electron chi connectivity index (χ3n) is 6.96. The van der Waals surface area contributed by atoms with E-state index >= 15 is 0 Å². The van der Waals surface area contributed by atoms with Crippen LogP contribution in [0.5, 0.6) is 0 Å². The zero-order chi connectivity index (χ0) is 27.9. The van der Waals surface area contributed by atoms with Crippen LogP contribution in [0.2, 0.25) is 5.02 Å². The van der Waals surface area contributed by atoms with Gasteiger partial charge in [-0.05, 0) is 23.8 Å². The number of allylic oxidation sites excluding steroid dienone is 2. The Morgan fingerprint density at radius 3 is 1.87 bits per heavy atom. The SMILES string of the molecule is O=C(c1ccc([N+](=O)[O-])cc1)N(Cc1ccccc1Cl)N1C(=O)[C@@H]2[C@@H](C1=O)[C@@]1(Cl)C(Cl)=C(Cl)[C@@]2(Cl)C1(Cl)Cl. The van der Waals surface area contributed by atoms with Crippen LogP contribution < -0.4 is 0 Å². The zero-order valence-electron chi connectivity index (χ0n) is 18.5. The molecule has 5 rings (SSSR count). The van der Waals surface area contributed by atoms with Gasteiger partial charge in [-0.25, -0.2) is 5.01 Å². The van der Waals surface area contributed by atoms with Crippen molar-refractivity contribution in [2.75, 3.05) is 0 Å². The number of benzene rings is 2. The van der Waals surface area contributed by atoms with E-state index in [0.29, 0.717) is 10.6 Å². The molecule has 2 aromatic carbocycles. The lowest BCUT2D eigenvalue weighted by Gasteiger charge is -2.37. The molecule has 2 fully saturated rings. The first-order valence-electron chi connectivity index (χ1n) is 10.7. The fourth-order valence-electron chi connectivity index (χ4n) is 5.11. The molecule has 3 amide bonds. The number of amides is 3. The van der Waals surface area contributed by atoms with Gasteiger partial charge in [0.1, 0.15) is 9.75 Å². The monoisotopic (exact) mass is 655 g/mol. The molecular formula is C23H12Cl7N3O5. The van der Waals surface area contributed by atoms with E-state index in [1.165, 1.54) is 12.1 Å². The largest absolute Gasteiger partial charge is 0.273 e. The molecular weight excluding hydrogens is 646 g/mol. The minimum absolute atomic E-state index is 0.0531. The van der Waals surface area contributed by atoms with Crippen LogP contribution in [0, 0.1) is 22.0 Å². The summed E-state index contributed by atoms with van der Waals surface area (Å²) in [5.74, 6) is -5.63. The van der Waals surface area contributed by atoms with E-state index in [-0.39, 0.29) is 32.9 Å². The molecule has 2 aliphatic carbocycles. The summed E-state index contributed by atoms with van der Waals surface area (Å²) < 4.78 is -2.14. The van der Waals surface area contributed by atoms with E-state index in [1.807, 2.05) is 0 Å². The molecule has 0 N–H and O–H groups in total. The van der Waals surface area contributed by atoms with Crippen LogP contribution in [-0.4, -0.2) is 46.7 Å². The smallest absolute Gasteiger partial charge is 0.272 e. The summed E-state index contributed by atoms with van der Waals surface area (Å²) in [6.45, 7) is -0.335. The first-order chi connectivity index (χ1) is 17.7. The predicted octanol–water partition coefficient (Wildman–Crippen LogP) is 6.25. The first-order valence-corrected chi connectivity index (χ1v) is 13.3. The molecule has 38 heavy (non-hydrogen) atoms. The fourth-order valence-corrected chi connectivity index (χ4v) is 8.24. The van der Waals surface area contributed by atoms with Crippen molar-refractivity contribution in [2.24, 2.45) is 11.8 Å². The lowest BCUT2D eigenvalue weighted by Crippen LogP contribution is -2.55. The molecule has 1 saturated carbocycles. The van der Waals surface area contributed by atoms with Crippen LogP contribution in [0.1, 0.15) is 15.9 Å². The van der Waals surface area contributed by atoms with Crippen molar-refractivity contribution in [1.82, 2.24) is 10.0 Å². The summed E-state index contributed by atoms with van der Waals surface area (Å²) in [5.41, 5.74) is 0.0786. The average molecular weight is 659 g/mol. The van der Waals surface area contributed by atoms with Crippen molar-refractivity contribution in [1.29, 1.82) is 0 Å². The summed E-state index contributed by atoms with van der Waals surface area (Å²) in [5, 5.41) is 12.2. The number of alkyl halides is 4. The van der Waals surface area contributed by atoms with Crippen molar-refractivity contribution in [3.63, 3.8) is 0 Å². The molecule has 1 saturated heterocycles. The molecule has 8 nitrogen and oxygen atoms in total. The van der Waals surface area contributed by atoms with Crippen LogP contribution in [0.3, 0.4) is 0 Å².